The first-order valence-corrected chi connectivity index (χ1v) is 5.69. The molecule has 1 N–H and O–H groups in total. The van der Waals surface area contributed by atoms with Gasteiger partial charge in [-0.2, -0.15) is 5.10 Å². The van der Waals surface area contributed by atoms with Crippen LogP contribution in [0.1, 0.15) is 15.9 Å². The summed E-state index contributed by atoms with van der Waals surface area (Å²) < 4.78 is 14.7. The van der Waals surface area contributed by atoms with Gasteiger partial charge in [-0.25, -0.2) is 4.39 Å². The Labute approximate surface area is 109 Å². The van der Waals surface area contributed by atoms with Crippen molar-refractivity contribution in [2.24, 2.45) is 7.05 Å². The average molecular weight is 263 g/mol. The summed E-state index contributed by atoms with van der Waals surface area (Å²) >= 11 is 0. The van der Waals surface area contributed by atoms with Crippen LogP contribution in [-0.2, 0) is 13.6 Å². The minimum atomic E-state index is -0.559. The molecule has 0 radical (unpaired) electrons. The third-order valence-corrected chi connectivity index (χ3v) is 2.71. The summed E-state index contributed by atoms with van der Waals surface area (Å²) in [4.78, 5) is 13.5. The zero-order chi connectivity index (χ0) is 14.0. The highest BCUT2D eigenvalue weighted by atomic mass is 19.1. The third kappa shape index (κ3) is 2.90. The van der Waals surface area contributed by atoms with E-state index < -0.39 is 11.7 Å². The molecule has 0 atom stereocenters. The number of rotatable bonds is 3. The van der Waals surface area contributed by atoms with E-state index >= 15 is 0 Å². The summed E-state index contributed by atoms with van der Waals surface area (Å²) in [5.74, 6) is -1.23. The molecule has 2 aromatic rings. The van der Waals surface area contributed by atoms with Crippen molar-refractivity contribution in [1.29, 1.82) is 0 Å². The van der Waals surface area contributed by atoms with Crippen LogP contribution in [0, 0.1) is 5.82 Å². The monoisotopic (exact) mass is 263 g/mol. The molecule has 1 aromatic heterocycles. The maximum atomic E-state index is 13.1. The lowest BCUT2D eigenvalue weighted by molar-refractivity contribution is 0.0781. The molecule has 0 fully saturated rings. The summed E-state index contributed by atoms with van der Waals surface area (Å²) in [5.41, 5.74) is 0.806. The van der Waals surface area contributed by atoms with E-state index in [0.29, 0.717) is 6.54 Å². The van der Waals surface area contributed by atoms with Gasteiger partial charge in [0.05, 0.1) is 11.8 Å². The molecular formula is C13H14FN3O2. The minimum absolute atomic E-state index is 0.0496. The van der Waals surface area contributed by atoms with Crippen molar-refractivity contribution in [1.82, 2.24) is 14.7 Å². The zero-order valence-electron chi connectivity index (χ0n) is 10.7. The van der Waals surface area contributed by atoms with Crippen molar-refractivity contribution in [2.75, 3.05) is 7.05 Å². The molecule has 0 aliphatic carbocycles. The summed E-state index contributed by atoms with van der Waals surface area (Å²) in [5, 5.41) is 13.6. The number of amides is 1. The number of aryl methyl sites for hydroxylation is 1. The number of halogens is 1. The van der Waals surface area contributed by atoms with Gasteiger partial charge < -0.3 is 10.0 Å². The fourth-order valence-electron chi connectivity index (χ4n) is 1.78. The summed E-state index contributed by atoms with van der Waals surface area (Å²) in [7, 11) is 3.36. The quantitative estimate of drug-likeness (QED) is 0.913. The molecule has 2 rings (SSSR count). The lowest BCUT2D eigenvalue weighted by Gasteiger charge is -2.16. The van der Waals surface area contributed by atoms with Crippen molar-refractivity contribution in [2.45, 2.75) is 6.54 Å². The van der Waals surface area contributed by atoms with E-state index in [0.717, 1.165) is 17.7 Å². The Balaban J connectivity index is 2.16. The Kier molecular flexibility index (Phi) is 3.50. The van der Waals surface area contributed by atoms with Crippen molar-refractivity contribution in [3.8, 4) is 5.75 Å². The second-order valence-corrected chi connectivity index (χ2v) is 4.34. The van der Waals surface area contributed by atoms with Gasteiger partial charge in [0, 0.05) is 32.4 Å². The number of phenols is 1. The molecular weight excluding hydrogens is 249 g/mol. The van der Waals surface area contributed by atoms with Crippen molar-refractivity contribution >= 4 is 5.91 Å². The zero-order valence-corrected chi connectivity index (χ0v) is 10.7. The molecule has 6 heteroatoms. The van der Waals surface area contributed by atoms with Gasteiger partial charge in [-0.3, -0.25) is 9.48 Å². The van der Waals surface area contributed by atoms with Gasteiger partial charge in [-0.1, -0.05) is 0 Å². The van der Waals surface area contributed by atoms with E-state index in [2.05, 4.69) is 5.10 Å². The first kappa shape index (κ1) is 13.1. The SMILES string of the molecule is CN(Cc1cnn(C)c1)C(=O)c1cc(F)ccc1O. The normalized spacial score (nSPS) is 10.5. The van der Waals surface area contributed by atoms with E-state index in [-0.39, 0.29) is 11.3 Å². The van der Waals surface area contributed by atoms with Crippen molar-refractivity contribution in [3.05, 3.63) is 47.5 Å². The van der Waals surface area contributed by atoms with Gasteiger partial charge in [0.15, 0.2) is 0 Å². The van der Waals surface area contributed by atoms with Crippen molar-refractivity contribution in [3.63, 3.8) is 0 Å². The molecule has 0 saturated carbocycles. The molecule has 1 heterocycles. The highest BCUT2D eigenvalue weighted by Gasteiger charge is 2.17. The van der Waals surface area contributed by atoms with Crippen molar-refractivity contribution < 1.29 is 14.3 Å². The Morgan fingerprint density at radius 2 is 2.26 bits per heavy atom. The molecule has 0 aliphatic heterocycles. The fraction of sp³-hybridized carbons (Fsp3) is 0.231. The van der Waals surface area contributed by atoms with Crippen LogP contribution in [0.15, 0.2) is 30.6 Å². The molecule has 0 saturated heterocycles. The number of aromatic hydroxyl groups is 1. The predicted molar refractivity (Wildman–Crippen MR) is 67.1 cm³/mol. The predicted octanol–water partition coefficient (Wildman–Crippen LogP) is 1.54. The van der Waals surface area contributed by atoms with Crippen LogP contribution in [0.3, 0.4) is 0 Å². The summed E-state index contributed by atoms with van der Waals surface area (Å²) in [6.45, 7) is 0.336. The highest BCUT2D eigenvalue weighted by Crippen LogP contribution is 2.20. The number of aromatic nitrogens is 2. The van der Waals surface area contributed by atoms with E-state index in [1.807, 2.05) is 0 Å². The molecule has 0 unspecified atom stereocenters. The van der Waals surface area contributed by atoms with Gasteiger partial charge in [0.1, 0.15) is 11.6 Å². The van der Waals surface area contributed by atoms with Gasteiger partial charge in [-0.05, 0) is 18.2 Å². The van der Waals surface area contributed by atoms with Gasteiger partial charge >= 0.3 is 0 Å². The largest absolute Gasteiger partial charge is 0.507 e. The van der Waals surface area contributed by atoms with Crippen LogP contribution < -0.4 is 0 Å². The molecule has 0 bridgehead atoms. The molecule has 1 aromatic carbocycles. The Hall–Kier alpha value is -2.37. The van der Waals surface area contributed by atoms with Crippen LogP contribution >= 0.6 is 0 Å². The van der Waals surface area contributed by atoms with Crippen LogP contribution in [0.2, 0.25) is 0 Å². The Bertz CT molecular complexity index is 610. The second-order valence-electron chi connectivity index (χ2n) is 4.34. The standard InChI is InChI=1S/C13H14FN3O2/c1-16(7-9-6-15-17(2)8-9)13(19)11-5-10(14)3-4-12(11)18/h3-6,8,18H,7H2,1-2H3. The maximum absolute atomic E-state index is 13.1. The molecule has 100 valence electrons. The first-order chi connectivity index (χ1) is 8.97. The number of hydrogen-bond acceptors (Lipinski definition) is 3. The number of hydrogen-bond donors (Lipinski definition) is 1. The lowest BCUT2D eigenvalue weighted by Crippen LogP contribution is -2.26. The number of nitrogens with zero attached hydrogens (tertiary/aromatic N) is 3. The Morgan fingerprint density at radius 3 is 2.89 bits per heavy atom. The minimum Gasteiger partial charge on any atom is -0.507 e. The second kappa shape index (κ2) is 5.09. The molecule has 0 aliphatic rings. The van der Waals surface area contributed by atoms with Gasteiger partial charge in [0.25, 0.3) is 5.91 Å². The lowest BCUT2D eigenvalue weighted by atomic mass is 10.1. The van der Waals surface area contributed by atoms with E-state index in [4.69, 9.17) is 0 Å². The molecule has 1 amide bonds. The van der Waals surface area contributed by atoms with Crippen LogP contribution in [0.25, 0.3) is 0 Å². The van der Waals surface area contributed by atoms with Crippen LogP contribution in [0.4, 0.5) is 4.39 Å². The van der Waals surface area contributed by atoms with Crippen LogP contribution in [-0.4, -0.2) is 32.7 Å². The average Bonchev–Trinajstić information content (AvgIpc) is 2.77. The fourth-order valence-corrected chi connectivity index (χ4v) is 1.78. The van der Waals surface area contributed by atoms with E-state index in [1.165, 1.54) is 11.0 Å². The van der Waals surface area contributed by atoms with Crippen LogP contribution in [0.5, 0.6) is 5.75 Å². The molecule has 19 heavy (non-hydrogen) atoms. The topological polar surface area (TPSA) is 58.4 Å². The highest BCUT2D eigenvalue weighted by molar-refractivity contribution is 5.96. The van der Waals surface area contributed by atoms with Gasteiger partial charge in [0.2, 0.25) is 0 Å². The number of carbonyl (C=O) groups is 1. The molecule has 5 nitrogen and oxygen atoms in total. The van der Waals surface area contributed by atoms with Gasteiger partial charge in [-0.15, -0.1) is 0 Å². The number of carbonyl (C=O) groups excluding carboxylic acids is 1. The summed E-state index contributed by atoms with van der Waals surface area (Å²) in [6, 6.07) is 3.30. The van der Waals surface area contributed by atoms with E-state index in [9.17, 15) is 14.3 Å². The summed E-state index contributed by atoms with van der Waals surface area (Å²) in [6.07, 6.45) is 3.43. The third-order valence-electron chi connectivity index (χ3n) is 2.71. The number of benzene rings is 1. The van der Waals surface area contributed by atoms with E-state index in [1.54, 1.807) is 31.2 Å². The smallest absolute Gasteiger partial charge is 0.257 e. The number of phenolic OH excluding ortho intramolecular Hbond substituents is 1. The maximum Gasteiger partial charge on any atom is 0.257 e. The molecule has 0 spiro atoms. The Morgan fingerprint density at radius 1 is 1.53 bits per heavy atom. The first-order valence-electron chi connectivity index (χ1n) is 5.69.